The molecule has 2 aromatic heterocycles. The van der Waals surface area contributed by atoms with Crippen LogP contribution in [-0.2, 0) is 0 Å². The molecule has 0 aliphatic heterocycles. The van der Waals surface area contributed by atoms with Gasteiger partial charge in [-0.05, 0) is 45.9 Å². The Bertz CT molecular complexity index is 580. The van der Waals surface area contributed by atoms with E-state index in [1.807, 2.05) is 11.4 Å². The third kappa shape index (κ3) is 4.21. The number of halogens is 1. The SMILES string of the molecule is O=C(NCCCNC(=O)c1cccs1)c1ccc(Br)o1. The van der Waals surface area contributed by atoms with Crippen LogP contribution in [0.4, 0.5) is 0 Å². The second kappa shape index (κ2) is 7.25. The molecule has 0 radical (unpaired) electrons. The lowest BCUT2D eigenvalue weighted by atomic mass is 10.3. The van der Waals surface area contributed by atoms with Gasteiger partial charge in [-0.3, -0.25) is 9.59 Å². The summed E-state index contributed by atoms with van der Waals surface area (Å²) in [7, 11) is 0. The number of rotatable bonds is 6. The van der Waals surface area contributed by atoms with Crippen molar-refractivity contribution in [3.8, 4) is 0 Å². The summed E-state index contributed by atoms with van der Waals surface area (Å²) in [6, 6.07) is 6.87. The first-order chi connectivity index (χ1) is 9.66. The molecule has 0 atom stereocenters. The molecule has 2 amide bonds. The summed E-state index contributed by atoms with van der Waals surface area (Å²) in [5.74, 6) is -0.0823. The fourth-order valence-electron chi connectivity index (χ4n) is 1.51. The molecule has 2 N–H and O–H groups in total. The first kappa shape index (κ1) is 14.8. The summed E-state index contributed by atoms with van der Waals surface area (Å²) in [5.41, 5.74) is 0. The van der Waals surface area contributed by atoms with Crippen LogP contribution in [0.15, 0.2) is 38.7 Å². The summed E-state index contributed by atoms with van der Waals surface area (Å²) in [6.45, 7) is 0.987. The maximum atomic E-state index is 11.6. The summed E-state index contributed by atoms with van der Waals surface area (Å²) < 4.78 is 5.65. The molecule has 0 aliphatic carbocycles. The number of furan rings is 1. The van der Waals surface area contributed by atoms with E-state index in [0.717, 1.165) is 0 Å². The molecule has 2 heterocycles. The predicted octanol–water partition coefficient (Wildman–Crippen LogP) is 2.65. The first-order valence-corrected chi connectivity index (χ1v) is 7.69. The Morgan fingerprint density at radius 3 is 2.50 bits per heavy atom. The van der Waals surface area contributed by atoms with E-state index in [1.54, 1.807) is 18.2 Å². The standard InChI is InChI=1S/C13H13BrN2O3S/c14-11-5-4-9(19-11)12(17)15-6-2-7-16-13(18)10-3-1-8-20-10/h1,3-5,8H,2,6-7H2,(H,15,17)(H,16,18). The Hall–Kier alpha value is -1.60. The topological polar surface area (TPSA) is 71.3 Å². The highest BCUT2D eigenvalue weighted by molar-refractivity contribution is 9.10. The van der Waals surface area contributed by atoms with Gasteiger partial charge in [0.25, 0.3) is 11.8 Å². The molecule has 0 saturated heterocycles. The maximum absolute atomic E-state index is 11.6. The normalized spacial score (nSPS) is 10.2. The van der Waals surface area contributed by atoms with Crippen LogP contribution in [0.5, 0.6) is 0 Å². The molecule has 0 aliphatic rings. The van der Waals surface area contributed by atoms with E-state index in [0.29, 0.717) is 29.1 Å². The van der Waals surface area contributed by atoms with E-state index in [1.165, 1.54) is 11.3 Å². The van der Waals surface area contributed by atoms with Crippen LogP contribution in [0.25, 0.3) is 0 Å². The fourth-order valence-corrected chi connectivity index (χ4v) is 2.46. The van der Waals surface area contributed by atoms with Gasteiger partial charge in [0.05, 0.1) is 4.88 Å². The quantitative estimate of drug-likeness (QED) is 0.781. The minimum absolute atomic E-state index is 0.0821. The summed E-state index contributed by atoms with van der Waals surface area (Å²) >= 11 is 4.54. The molecular formula is C13H13BrN2O3S. The number of hydrogen-bond acceptors (Lipinski definition) is 4. The third-order valence-corrected chi connectivity index (χ3v) is 3.76. The van der Waals surface area contributed by atoms with Crippen molar-refractivity contribution in [3.63, 3.8) is 0 Å². The lowest BCUT2D eigenvalue weighted by Gasteiger charge is -2.04. The second-order valence-electron chi connectivity index (χ2n) is 3.95. The maximum Gasteiger partial charge on any atom is 0.287 e. The van der Waals surface area contributed by atoms with Gasteiger partial charge < -0.3 is 15.1 Å². The van der Waals surface area contributed by atoms with Gasteiger partial charge in [0.15, 0.2) is 10.4 Å². The first-order valence-electron chi connectivity index (χ1n) is 6.02. The van der Waals surface area contributed by atoms with Crippen molar-refractivity contribution < 1.29 is 14.0 Å². The molecule has 5 nitrogen and oxygen atoms in total. The van der Waals surface area contributed by atoms with E-state index < -0.39 is 0 Å². The molecule has 0 unspecified atom stereocenters. The van der Waals surface area contributed by atoms with E-state index >= 15 is 0 Å². The Labute approximate surface area is 128 Å². The molecule has 0 fully saturated rings. The average molecular weight is 357 g/mol. The van der Waals surface area contributed by atoms with Crippen molar-refractivity contribution in [2.45, 2.75) is 6.42 Å². The van der Waals surface area contributed by atoms with E-state index in [9.17, 15) is 9.59 Å². The van der Waals surface area contributed by atoms with Crippen LogP contribution in [-0.4, -0.2) is 24.9 Å². The van der Waals surface area contributed by atoms with Gasteiger partial charge in [0.2, 0.25) is 0 Å². The molecule has 0 aromatic carbocycles. The van der Waals surface area contributed by atoms with E-state index in [4.69, 9.17) is 4.42 Å². The number of carbonyl (C=O) groups excluding carboxylic acids is 2. The van der Waals surface area contributed by atoms with Gasteiger partial charge in [0.1, 0.15) is 0 Å². The van der Waals surface area contributed by atoms with Crippen molar-refractivity contribution >= 4 is 39.1 Å². The molecule has 7 heteroatoms. The third-order valence-electron chi connectivity index (χ3n) is 2.47. The fraction of sp³-hybridized carbons (Fsp3) is 0.231. The summed E-state index contributed by atoms with van der Waals surface area (Å²) in [5, 5.41) is 7.37. The zero-order valence-electron chi connectivity index (χ0n) is 10.5. The monoisotopic (exact) mass is 356 g/mol. The molecule has 2 rings (SSSR count). The summed E-state index contributed by atoms with van der Waals surface area (Å²) in [6.07, 6.45) is 0.657. The van der Waals surface area contributed by atoms with Gasteiger partial charge in [-0.15, -0.1) is 11.3 Å². The van der Waals surface area contributed by atoms with Crippen LogP contribution < -0.4 is 10.6 Å². The van der Waals surface area contributed by atoms with Crippen molar-refractivity contribution in [1.29, 1.82) is 0 Å². The number of amides is 2. The molecule has 106 valence electrons. The molecule has 20 heavy (non-hydrogen) atoms. The van der Waals surface area contributed by atoms with Crippen LogP contribution in [0.1, 0.15) is 26.6 Å². The Morgan fingerprint density at radius 1 is 1.15 bits per heavy atom. The largest absolute Gasteiger partial charge is 0.444 e. The summed E-state index contributed by atoms with van der Waals surface area (Å²) in [4.78, 5) is 23.9. The van der Waals surface area contributed by atoms with Crippen LogP contribution in [0, 0.1) is 0 Å². The van der Waals surface area contributed by atoms with Crippen molar-refractivity contribution in [2.75, 3.05) is 13.1 Å². The van der Waals surface area contributed by atoms with Gasteiger partial charge in [-0.25, -0.2) is 0 Å². The van der Waals surface area contributed by atoms with Gasteiger partial charge >= 0.3 is 0 Å². The zero-order chi connectivity index (χ0) is 14.4. The Balaban J connectivity index is 1.62. The predicted molar refractivity (Wildman–Crippen MR) is 80.0 cm³/mol. The molecule has 0 saturated carbocycles. The van der Waals surface area contributed by atoms with Crippen LogP contribution in [0.3, 0.4) is 0 Å². The molecule has 0 spiro atoms. The number of carbonyl (C=O) groups is 2. The van der Waals surface area contributed by atoms with E-state index in [-0.39, 0.29) is 17.6 Å². The van der Waals surface area contributed by atoms with Gasteiger partial charge in [-0.2, -0.15) is 0 Å². The molecule has 0 bridgehead atoms. The van der Waals surface area contributed by atoms with Gasteiger partial charge in [-0.1, -0.05) is 6.07 Å². The minimum Gasteiger partial charge on any atom is -0.444 e. The Kier molecular flexibility index (Phi) is 5.37. The molecular weight excluding hydrogens is 344 g/mol. The average Bonchev–Trinajstić information content (AvgIpc) is 3.08. The number of hydrogen-bond donors (Lipinski definition) is 2. The highest BCUT2D eigenvalue weighted by Gasteiger charge is 2.09. The van der Waals surface area contributed by atoms with Crippen molar-refractivity contribution in [2.24, 2.45) is 0 Å². The Morgan fingerprint density at radius 2 is 1.90 bits per heavy atom. The van der Waals surface area contributed by atoms with E-state index in [2.05, 4.69) is 26.6 Å². The van der Waals surface area contributed by atoms with Crippen LogP contribution in [0.2, 0.25) is 0 Å². The highest BCUT2D eigenvalue weighted by Crippen LogP contribution is 2.13. The molecule has 2 aromatic rings. The van der Waals surface area contributed by atoms with Crippen LogP contribution >= 0.6 is 27.3 Å². The highest BCUT2D eigenvalue weighted by atomic mass is 79.9. The number of thiophene rings is 1. The smallest absolute Gasteiger partial charge is 0.287 e. The minimum atomic E-state index is -0.264. The van der Waals surface area contributed by atoms with Crippen molar-refractivity contribution in [1.82, 2.24) is 10.6 Å². The lowest BCUT2D eigenvalue weighted by molar-refractivity contribution is 0.0924. The second-order valence-corrected chi connectivity index (χ2v) is 5.68. The number of nitrogens with one attached hydrogen (secondary N) is 2. The lowest BCUT2D eigenvalue weighted by Crippen LogP contribution is -2.29. The van der Waals surface area contributed by atoms with Crippen molar-refractivity contribution in [3.05, 3.63) is 45.0 Å². The zero-order valence-corrected chi connectivity index (χ0v) is 12.9. The van der Waals surface area contributed by atoms with Gasteiger partial charge in [0, 0.05) is 13.1 Å².